The van der Waals surface area contributed by atoms with Crippen molar-refractivity contribution < 1.29 is 23.1 Å². The molecule has 2 N–H and O–H groups in total. The van der Waals surface area contributed by atoms with Gasteiger partial charge in [0.2, 0.25) is 0 Å². The summed E-state index contributed by atoms with van der Waals surface area (Å²) in [7, 11) is 0. The molecule has 0 unspecified atom stereocenters. The number of aromatic carboxylic acids is 1. The van der Waals surface area contributed by atoms with Crippen LogP contribution < -0.4 is 10.7 Å². The summed E-state index contributed by atoms with van der Waals surface area (Å²) in [6.07, 6.45) is 0. The second-order valence-electron chi connectivity index (χ2n) is 7.96. The van der Waals surface area contributed by atoms with Gasteiger partial charge in [-0.3, -0.25) is 4.79 Å². The molecule has 0 spiro atoms. The van der Waals surface area contributed by atoms with Crippen LogP contribution in [-0.2, 0) is 0 Å². The van der Waals surface area contributed by atoms with Gasteiger partial charge in [0.1, 0.15) is 23.0 Å². The molecule has 0 saturated heterocycles. The van der Waals surface area contributed by atoms with Gasteiger partial charge in [-0.1, -0.05) is 18.2 Å². The molecule has 0 radical (unpaired) electrons. The largest absolute Gasteiger partial charge is 0.478 e. The van der Waals surface area contributed by atoms with Gasteiger partial charge in [-0.15, -0.1) is 0 Å². The monoisotopic (exact) mass is 449 g/mol. The Kier molecular flexibility index (Phi) is 5.72. The van der Waals surface area contributed by atoms with E-state index in [0.717, 1.165) is 17.7 Å². The number of halogens is 2. The van der Waals surface area contributed by atoms with E-state index in [4.69, 9.17) is 4.42 Å². The minimum absolute atomic E-state index is 0.0174. The zero-order valence-electron chi connectivity index (χ0n) is 18.2. The standard InChI is InChI=1S/C26H21F2NO4/c1-13-10-19(15(3)29-22-7-5-4-6-18(22)26(31)32)25-20(11-13)23(30)14(2)24(33-25)17-9-8-16(27)12-21(17)28/h4-12,15,29H,1-3H3,(H,31,32)/t15-/m1/s1. The van der Waals surface area contributed by atoms with Gasteiger partial charge in [0.15, 0.2) is 5.43 Å². The molecule has 1 aromatic heterocycles. The lowest BCUT2D eigenvalue weighted by atomic mass is 9.98. The van der Waals surface area contributed by atoms with E-state index in [-0.39, 0.29) is 33.5 Å². The zero-order valence-corrected chi connectivity index (χ0v) is 18.2. The van der Waals surface area contributed by atoms with E-state index >= 15 is 0 Å². The van der Waals surface area contributed by atoms with Crippen molar-refractivity contribution in [1.29, 1.82) is 0 Å². The molecule has 168 valence electrons. The Labute approximate surface area is 188 Å². The van der Waals surface area contributed by atoms with Crippen LogP contribution in [0.3, 0.4) is 0 Å². The third-order valence-electron chi connectivity index (χ3n) is 5.56. The molecule has 0 amide bonds. The van der Waals surface area contributed by atoms with Crippen LogP contribution >= 0.6 is 0 Å². The van der Waals surface area contributed by atoms with E-state index in [1.165, 1.54) is 19.1 Å². The van der Waals surface area contributed by atoms with Crippen LogP contribution in [0.25, 0.3) is 22.3 Å². The summed E-state index contributed by atoms with van der Waals surface area (Å²) in [6, 6.07) is 12.6. The van der Waals surface area contributed by atoms with Gasteiger partial charge < -0.3 is 14.8 Å². The summed E-state index contributed by atoms with van der Waals surface area (Å²) in [5.41, 5.74) is 2.05. The third-order valence-corrected chi connectivity index (χ3v) is 5.56. The molecule has 1 atom stereocenters. The Morgan fingerprint density at radius 3 is 2.48 bits per heavy atom. The molecular weight excluding hydrogens is 428 g/mol. The highest BCUT2D eigenvalue weighted by atomic mass is 19.1. The quantitative estimate of drug-likeness (QED) is 0.378. The zero-order chi connectivity index (χ0) is 23.9. The van der Waals surface area contributed by atoms with Crippen LogP contribution in [0.4, 0.5) is 14.5 Å². The number of carbonyl (C=O) groups is 1. The predicted molar refractivity (Wildman–Crippen MR) is 123 cm³/mol. The molecule has 0 bridgehead atoms. The number of rotatable bonds is 5. The first-order chi connectivity index (χ1) is 15.7. The molecule has 33 heavy (non-hydrogen) atoms. The van der Waals surface area contributed by atoms with Crippen molar-refractivity contribution in [3.63, 3.8) is 0 Å². The van der Waals surface area contributed by atoms with E-state index in [9.17, 15) is 23.5 Å². The summed E-state index contributed by atoms with van der Waals surface area (Å²) >= 11 is 0. The second-order valence-corrected chi connectivity index (χ2v) is 7.96. The van der Waals surface area contributed by atoms with Gasteiger partial charge in [0.25, 0.3) is 0 Å². The lowest BCUT2D eigenvalue weighted by Crippen LogP contribution is -2.14. The predicted octanol–water partition coefficient (Wildman–Crippen LogP) is 6.23. The van der Waals surface area contributed by atoms with Crippen molar-refractivity contribution in [3.05, 3.63) is 98.7 Å². The van der Waals surface area contributed by atoms with Crippen molar-refractivity contribution in [3.8, 4) is 11.3 Å². The highest BCUT2D eigenvalue weighted by Gasteiger charge is 2.21. The number of fused-ring (bicyclic) bond motifs is 1. The third kappa shape index (κ3) is 4.09. The van der Waals surface area contributed by atoms with Crippen molar-refractivity contribution in [2.45, 2.75) is 26.8 Å². The summed E-state index contributed by atoms with van der Waals surface area (Å²) in [6.45, 7) is 5.18. The Morgan fingerprint density at radius 2 is 1.79 bits per heavy atom. The number of benzene rings is 3. The SMILES string of the molecule is Cc1cc([C@@H](C)Nc2ccccc2C(=O)O)c2oc(-c3ccc(F)cc3F)c(C)c(=O)c2c1. The van der Waals surface area contributed by atoms with E-state index in [1.807, 2.05) is 19.9 Å². The molecular formula is C26H21F2NO4. The van der Waals surface area contributed by atoms with Crippen LogP contribution in [0.15, 0.2) is 63.8 Å². The highest BCUT2D eigenvalue weighted by molar-refractivity contribution is 5.94. The Hall–Kier alpha value is -4.00. The molecule has 0 fully saturated rings. The van der Waals surface area contributed by atoms with E-state index < -0.39 is 23.6 Å². The van der Waals surface area contributed by atoms with Crippen molar-refractivity contribution >= 4 is 22.6 Å². The van der Waals surface area contributed by atoms with Gasteiger partial charge in [-0.05, 0) is 56.7 Å². The van der Waals surface area contributed by atoms with Crippen LogP contribution in [0.1, 0.15) is 40.0 Å². The number of para-hydroxylation sites is 1. The summed E-state index contributed by atoms with van der Waals surface area (Å²) in [5, 5.41) is 13.0. The first-order valence-electron chi connectivity index (χ1n) is 10.3. The molecule has 0 saturated carbocycles. The molecule has 7 heteroatoms. The highest BCUT2D eigenvalue weighted by Crippen LogP contribution is 2.33. The molecule has 0 aliphatic heterocycles. The second kappa shape index (κ2) is 8.50. The average Bonchev–Trinajstić information content (AvgIpc) is 2.76. The Morgan fingerprint density at radius 1 is 1.06 bits per heavy atom. The molecule has 3 aromatic carbocycles. The first kappa shape index (κ1) is 22.2. The minimum atomic E-state index is -1.07. The maximum absolute atomic E-state index is 14.5. The minimum Gasteiger partial charge on any atom is -0.478 e. The molecule has 4 rings (SSSR count). The van der Waals surface area contributed by atoms with Crippen LogP contribution in [0, 0.1) is 25.5 Å². The fourth-order valence-electron chi connectivity index (χ4n) is 3.93. The van der Waals surface area contributed by atoms with E-state index in [2.05, 4.69) is 5.32 Å². The number of hydrogen-bond donors (Lipinski definition) is 2. The van der Waals surface area contributed by atoms with Gasteiger partial charge in [0.05, 0.1) is 22.6 Å². The summed E-state index contributed by atoms with van der Waals surface area (Å²) < 4.78 is 34.0. The first-order valence-corrected chi connectivity index (χ1v) is 10.3. The normalized spacial score (nSPS) is 12.0. The average molecular weight is 449 g/mol. The lowest BCUT2D eigenvalue weighted by Gasteiger charge is -2.20. The molecule has 5 nitrogen and oxygen atoms in total. The number of carboxylic acids is 1. The summed E-state index contributed by atoms with van der Waals surface area (Å²) in [4.78, 5) is 24.8. The Balaban J connectivity index is 1.91. The van der Waals surface area contributed by atoms with Gasteiger partial charge in [-0.25, -0.2) is 13.6 Å². The number of carboxylic acid groups (broad SMARTS) is 1. The van der Waals surface area contributed by atoms with Crippen LogP contribution in [0.5, 0.6) is 0 Å². The number of aryl methyl sites for hydroxylation is 1. The number of nitrogens with one attached hydrogen (secondary N) is 1. The molecule has 0 aliphatic carbocycles. The van der Waals surface area contributed by atoms with Crippen molar-refractivity contribution in [2.75, 3.05) is 5.32 Å². The number of anilines is 1. The summed E-state index contributed by atoms with van der Waals surface area (Å²) in [5.74, 6) is -2.62. The maximum Gasteiger partial charge on any atom is 0.337 e. The lowest BCUT2D eigenvalue weighted by molar-refractivity contribution is 0.0698. The van der Waals surface area contributed by atoms with Crippen molar-refractivity contribution in [1.82, 2.24) is 0 Å². The van der Waals surface area contributed by atoms with Gasteiger partial charge >= 0.3 is 5.97 Å². The van der Waals surface area contributed by atoms with Crippen LogP contribution in [0.2, 0.25) is 0 Å². The fraction of sp³-hybridized carbons (Fsp3) is 0.154. The van der Waals surface area contributed by atoms with E-state index in [1.54, 1.807) is 24.3 Å². The molecule has 0 aliphatic rings. The molecule has 4 aromatic rings. The van der Waals surface area contributed by atoms with Crippen LogP contribution in [-0.4, -0.2) is 11.1 Å². The number of hydrogen-bond acceptors (Lipinski definition) is 4. The van der Waals surface area contributed by atoms with Crippen molar-refractivity contribution in [2.24, 2.45) is 0 Å². The topological polar surface area (TPSA) is 79.5 Å². The molecule has 1 heterocycles. The fourth-order valence-corrected chi connectivity index (χ4v) is 3.93. The van der Waals surface area contributed by atoms with Gasteiger partial charge in [-0.2, -0.15) is 0 Å². The Bertz CT molecular complexity index is 1460. The van der Waals surface area contributed by atoms with Gasteiger partial charge in [0, 0.05) is 22.9 Å². The smallest absolute Gasteiger partial charge is 0.337 e. The maximum atomic E-state index is 14.5. The van der Waals surface area contributed by atoms with E-state index in [0.29, 0.717) is 16.6 Å².